The first-order valence-corrected chi connectivity index (χ1v) is 8.87. The van der Waals surface area contributed by atoms with Gasteiger partial charge in [-0.1, -0.05) is 6.07 Å². The molecule has 0 aliphatic rings. The van der Waals surface area contributed by atoms with Gasteiger partial charge in [0.05, 0.1) is 13.2 Å². The number of nitrogens with one attached hydrogen (secondary N) is 2. The predicted molar refractivity (Wildman–Crippen MR) is 94.9 cm³/mol. The Morgan fingerprint density at radius 1 is 1.14 bits per heavy atom. The number of aliphatic hydroxyl groups is 1. The van der Waals surface area contributed by atoms with Crippen LogP contribution in [0.15, 0.2) is 41.8 Å². The van der Waals surface area contributed by atoms with Crippen molar-refractivity contribution in [3.8, 4) is 5.75 Å². The number of carbonyl (C=O) groups is 2. The first kappa shape index (κ1) is 21.7. The third kappa shape index (κ3) is 7.18. The van der Waals surface area contributed by atoms with E-state index in [1.165, 1.54) is 23.5 Å². The minimum absolute atomic E-state index is 0.00509. The molecule has 28 heavy (non-hydrogen) atoms. The molecule has 2 rings (SSSR count). The van der Waals surface area contributed by atoms with Crippen molar-refractivity contribution in [2.75, 3.05) is 25.1 Å². The molecule has 1 aromatic carbocycles. The van der Waals surface area contributed by atoms with Crippen LogP contribution in [-0.4, -0.2) is 43.0 Å². The van der Waals surface area contributed by atoms with E-state index in [-0.39, 0.29) is 25.4 Å². The molecule has 2 aromatic rings. The maximum Gasteiger partial charge on any atom is 0.573 e. The van der Waals surface area contributed by atoms with Gasteiger partial charge in [-0.2, -0.15) is 0 Å². The van der Waals surface area contributed by atoms with Crippen molar-refractivity contribution < 1.29 is 37.3 Å². The van der Waals surface area contributed by atoms with Gasteiger partial charge >= 0.3 is 18.2 Å². The molecule has 152 valence electrons. The summed E-state index contributed by atoms with van der Waals surface area (Å²) in [6.07, 6.45) is -5.34. The lowest BCUT2D eigenvalue weighted by Gasteiger charge is -2.16. The van der Waals surface area contributed by atoms with E-state index in [9.17, 15) is 22.8 Å². The number of thiophene rings is 1. The number of rotatable bonds is 8. The second kappa shape index (κ2) is 10.1. The summed E-state index contributed by atoms with van der Waals surface area (Å²) in [7, 11) is 0. The molecule has 1 aromatic heterocycles. The molecule has 0 radical (unpaired) electrons. The number of hydrogen-bond donors (Lipinski definition) is 3. The fourth-order valence-electron chi connectivity index (χ4n) is 2.10. The van der Waals surface area contributed by atoms with Crippen molar-refractivity contribution in [3.05, 3.63) is 46.7 Å². The largest absolute Gasteiger partial charge is 0.573 e. The van der Waals surface area contributed by atoms with Gasteiger partial charge in [-0.05, 0) is 35.7 Å². The lowest BCUT2D eigenvalue weighted by Crippen LogP contribution is -2.38. The summed E-state index contributed by atoms with van der Waals surface area (Å²) < 4.78 is 45.5. The van der Waals surface area contributed by atoms with Gasteiger partial charge in [-0.25, -0.2) is 0 Å². The second-order valence-electron chi connectivity index (χ2n) is 5.33. The number of alkyl halides is 3. The molecule has 0 saturated carbocycles. The SMILES string of the molecule is O=C(NCC(OCCO)c1cccs1)C(=O)Nc1ccc(OC(F)(F)F)cc1. The Morgan fingerprint density at radius 3 is 2.43 bits per heavy atom. The van der Waals surface area contributed by atoms with Gasteiger partial charge in [-0.15, -0.1) is 24.5 Å². The maximum absolute atomic E-state index is 12.1. The average Bonchev–Trinajstić information content (AvgIpc) is 3.16. The van der Waals surface area contributed by atoms with E-state index in [4.69, 9.17) is 9.84 Å². The van der Waals surface area contributed by atoms with Crippen molar-refractivity contribution in [1.29, 1.82) is 0 Å². The van der Waals surface area contributed by atoms with Gasteiger partial charge in [0.1, 0.15) is 11.9 Å². The Balaban J connectivity index is 1.87. The molecule has 0 aliphatic heterocycles. The maximum atomic E-state index is 12.1. The van der Waals surface area contributed by atoms with Crippen LogP contribution < -0.4 is 15.4 Å². The van der Waals surface area contributed by atoms with E-state index < -0.39 is 30.0 Å². The smallest absolute Gasteiger partial charge is 0.406 e. The van der Waals surface area contributed by atoms with E-state index in [1.54, 1.807) is 12.1 Å². The van der Waals surface area contributed by atoms with Gasteiger partial charge in [0.2, 0.25) is 0 Å². The minimum atomic E-state index is -4.82. The quantitative estimate of drug-likeness (QED) is 0.573. The van der Waals surface area contributed by atoms with E-state index >= 15 is 0 Å². The number of anilines is 1. The normalized spacial score (nSPS) is 12.3. The Labute approximate surface area is 162 Å². The third-order valence-electron chi connectivity index (χ3n) is 3.27. The number of ether oxygens (including phenoxy) is 2. The van der Waals surface area contributed by atoms with Crippen LogP contribution in [0.25, 0.3) is 0 Å². The highest BCUT2D eigenvalue weighted by Crippen LogP contribution is 2.24. The zero-order valence-corrected chi connectivity index (χ0v) is 15.2. The standard InChI is InChI=1S/C17H17F3N2O5S/c18-17(19,20)27-12-5-3-11(4-6-12)22-16(25)15(24)21-10-13(26-8-7-23)14-2-1-9-28-14/h1-6,9,13,23H,7-8,10H2,(H,21,24)(H,22,25). The van der Waals surface area contributed by atoms with Crippen LogP contribution in [0.2, 0.25) is 0 Å². The van der Waals surface area contributed by atoms with Crippen LogP contribution in [0.3, 0.4) is 0 Å². The molecule has 1 unspecified atom stereocenters. The monoisotopic (exact) mass is 418 g/mol. The number of carbonyl (C=O) groups excluding carboxylic acids is 2. The Morgan fingerprint density at radius 2 is 1.86 bits per heavy atom. The van der Waals surface area contributed by atoms with Gasteiger partial charge in [0.25, 0.3) is 0 Å². The van der Waals surface area contributed by atoms with Crippen molar-refractivity contribution in [1.82, 2.24) is 5.32 Å². The summed E-state index contributed by atoms with van der Waals surface area (Å²) >= 11 is 1.40. The molecule has 0 bridgehead atoms. The van der Waals surface area contributed by atoms with E-state index in [2.05, 4.69) is 15.4 Å². The van der Waals surface area contributed by atoms with Crippen LogP contribution >= 0.6 is 11.3 Å². The molecule has 0 saturated heterocycles. The van der Waals surface area contributed by atoms with Gasteiger partial charge < -0.3 is 25.2 Å². The van der Waals surface area contributed by atoms with Gasteiger partial charge in [0, 0.05) is 17.1 Å². The zero-order chi connectivity index (χ0) is 20.6. The predicted octanol–water partition coefficient (Wildman–Crippen LogP) is 2.45. The molecular formula is C17H17F3N2O5S. The molecular weight excluding hydrogens is 401 g/mol. The highest BCUT2D eigenvalue weighted by molar-refractivity contribution is 7.10. The number of aliphatic hydroxyl groups excluding tert-OH is 1. The number of benzene rings is 1. The third-order valence-corrected chi connectivity index (χ3v) is 4.24. The molecule has 11 heteroatoms. The summed E-state index contributed by atoms with van der Waals surface area (Å²) in [5.74, 6) is -2.38. The molecule has 3 N–H and O–H groups in total. The topological polar surface area (TPSA) is 96.9 Å². The van der Waals surface area contributed by atoms with Crippen LogP contribution in [0.1, 0.15) is 11.0 Å². The fraction of sp³-hybridized carbons (Fsp3) is 0.294. The molecule has 7 nitrogen and oxygen atoms in total. The highest BCUT2D eigenvalue weighted by Gasteiger charge is 2.31. The molecule has 2 amide bonds. The fourth-order valence-corrected chi connectivity index (χ4v) is 2.88. The van der Waals surface area contributed by atoms with Crippen LogP contribution in [0, 0.1) is 0 Å². The van der Waals surface area contributed by atoms with Gasteiger partial charge in [0.15, 0.2) is 0 Å². The summed E-state index contributed by atoms with van der Waals surface area (Å²) in [5.41, 5.74) is 0.126. The number of amides is 2. The van der Waals surface area contributed by atoms with E-state index in [1.807, 2.05) is 5.38 Å². The summed E-state index contributed by atoms with van der Waals surface area (Å²) in [4.78, 5) is 24.7. The molecule has 1 heterocycles. The number of halogens is 3. The Hall–Kier alpha value is -2.63. The minimum Gasteiger partial charge on any atom is -0.406 e. The van der Waals surface area contributed by atoms with Crippen molar-refractivity contribution in [2.45, 2.75) is 12.5 Å². The summed E-state index contributed by atoms with van der Waals surface area (Å²) in [5, 5.41) is 15.4. The lowest BCUT2D eigenvalue weighted by atomic mass is 10.2. The molecule has 0 spiro atoms. The highest BCUT2D eigenvalue weighted by atomic mass is 32.1. The van der Waals surface area contributed by atoms with Crippen molar-refractivity contribution in [3.63, 3.8) is 0 Å². The van der Waals surface area contributed by atoms with Crippen LogP contribution in [-0.2, 0) is 14.3 Å². The molecule has 0 fully saturated rings. The first-order valence-electron chi connectivity index (χ1n) is 7.99. The van der Waals surface area contributed by atoms with E-state index in [0.29, 0.717) is 0 Å². The first-order chi connectivity index (χ1) is 13.3. The second-order valence-corrected chi connectivity index (χ2v) is 6.31. The molecule has 0 aliphatic carbocycles. The summed E-state index contributed by atoms with van der Waals surface area (Å²) in [6.45, 7) is -0.119. The zero-order valence-electron chi connectivity index (χ0n) is 14.4. The van der Waals surface area contributed by atoms with Gasteiger partial charge in [-0.3, -0.25) is 9.59 Å². The summed E-state index contributed by atoms with van der Waals surface area (Å²) in [6, 6.07) is 7.96. The van der Waals surface area contributed by atoms with E-state index in [0.717, 1.165) is 17.0 Å². The average molecular weight is 418 g/mol. The van der Waals surface area contributed by atoms with Crippen molar-refractivity contribution in [2.24, 2.45) is 0 Å². The molecule has 1 atom stereocenters. The van der Waals surface area contributed by atoms with Crippen LogP contribution in [0.4, 0.5) is 18.9 Å². The Bertz CT molecular complexity index is 766. The lowest BCUT2D eigenvalue weighted by molar-refractivity contribution is -0.274. The Kier molecular flexibility index (Phi) is 7.79. The van der Waals surface area contributed by atoms with Crippen LogP contribution in [0.5, 0.6) is 5.75 Å². The number of hydrogen-bond acceptors (Lipinski definition) is 6. The van der Waals surface area contributed by atoms with Crippen molar-refractivity contribution >= 4 is 28.8 Å².